The smallest absolute Gasteiger partial charge is 0.125 e. The van der Waals surface area contributed by atoms with Gasteiger partial charge in [-0.1, -0.05) is 31.9 Å². The normalized spacial score (nSPS) is 12.5. The molecule has 0 saturated heterocycles. The van der Waals surface area contributed by atoms with E-state index in [1.54, 1.807) is 6.92 Å². The molecule has 0 radical (unpaired) electrons. The third kappa shape index (κ3) is 3.86. The van der Waals surface area contributed by atoms with Gasteiger partial charge in [0.25, 0.3) is 0 Å². The van der Waals surface area contributed by atoms with Crippen molar-refractivity contribution in [3.8, 4) is 5.75 Å². The molecule has 0 fully saturated rings. The molecule has 16 heavy (non-hydrogen) atoms. The quantitative estimate of drug-likeness (QED) is 0.745. The van der Waals surface area contributed by atoms with E-state index in [4.69, 9.17) is 4.74 Å². The van der Waals surface area contributed by atoms with Crippen molar-refractivity contribution in [1.82, 2.24) is 0 Å². The molecule has 2 nitrogen and oxygen atoms in total. The van der Waals surface area contributed by atoms with E-state index in [9.17, 15) is 5.11 Å². The van der Waals surface area contributed by atoms with Gasteiger partial charge in [0.05, 0.1) is 12.7 Å². The van der Waals surface area contributed by atoms with Crippen LogP contribution in [0.25, 0.3) is 0 Å². The van der Waals surface area contributed by atoms with Crippen LogP contribution in [0.1, 0.15) is 50.3 Å². The zero-order valence-electron chi connectivity index (χ0n) is 10.5. The number of rotatable bonds is 6. The van der Waals surface area contributed by atoms with Crippen molar-refractivity contribution in [3.05, 3.63) is 29.3 Å². The van der Waals surface area contributed by atoms with Gasteiger partial charge < -0.3 is 9.84 Å². The Morgan fingerprint density at radius 2 is 2.06 bits per heavy atom. The molecule has 1 unspecified atom stereocenters. The molecule has 0 saturated carbocycles. The van der Waals surface area contributed by atoms with Crippen LogP contribution < -0.4 is 4.74 Å². The van der Waals surface area contributed by atoms with Crippen molar-refractivity contribution in [3.63, 3.8) is 0 Å². The summed E-state index contributed by atoms with van der Waals surface area (Å²) in [6, 6.07) is 5.93. The Morgan fingerprint density at radius 3 is 2.69 bits per heavy atom. The Bertz CT molecular complexity index is 319. The van der Waals surface area contributed by atoms with Crippen molar-refractivity contribution < 1.29 is 9.84 Å². The summed E-state index contributed by atoms with van der Waals surface area (Å²) in [7, 11) is 0. The molecule has 0 amide bonds. The molecule has 1 atom stereocenters. The fraction of sp³-hybridized carbons (Fsp3) is 0.571. The highest BCUT2D eigenvalue weighted by Crippen LogP contribution is 2.26. The Morgan fingerprint density at radius 1 is 1.31 bits per heavy atom. The average Bonchev–Trinajstić information content (AvgIpc) is 2.24. The lowest BCUT2D eigenvalue weighted by Gasteiger charge is -2.14. The number of aliphatic hydroxyl groups excluding tert-OH is 1. The highest BCUT2D eigenvalue weighted by molar-refractivity contribution is 5.38. The molecule has 1 rings (SSSR count). The number of hydrogen-bond donors (Lipinski definition) is 1. The van der Waals surface area contributed by atoms with E-state index in [0.29, 0.717) is 0 Å². The topological polar surface area (TPSA) is 29.5 Å². The molecular weight excluding hydrogens is 200 g/mol. The van der Waals surface area contributed by atoms with Crippen LogP contribution in [0, 0.1) is 6.92 Å². The largest absolute Gasteiger partial charge is 0.493 e. The SMILES string of the molecule is CCCCCOc1cc(C)ccc1C(C)O. The van der Waals surface area contributed by atoms with Crippen molar-refractivity contribution in [2.24, 2.45) is 0 Å². The summed E-state index contributed by atoms with van der Waals surface area (Å²) < 4.78 is 5.72. The maximum atomic E-state index is 9.62. The standard InChI is InChI=1S/C14H22O2/c1-4-5-6-9-16-14-10-11(2)7-8-13(14)12(3)15/h7-8,10,12,15H,4-6,9H2,1-3H3. The van der Waals surface area contributed by atoms with Crippen LogP contribution in [-0.4, -0.2) is 11.7 Å². The van der Waals surface area contributed by atoms with Gasteiger partial charge in [-0.25, -0.2) is 0 Å². The van der Waals surface area contributed by atoms with Crippen molar-refractivity contribution in [2.75, 3.05) is 6.61 Å². The first-order chi connectivity index (χ1) is 7.65. The summed E-state index contributed by atoms with van der Waals surface area (Å²) in [5.74, 6) is 0.825. The Hall–Kier alpha value is -1.02. The first-order valence-corrected chi connectivity index (χ1v) is 6.06. The highest BCUT2D eigenvalue weighted by atomic mass is 16.5. The van der Waals surface area contributed by atoms with Gasteiger partial charge in [-0.3, -0.25) is 0 Å². The van der Waals surface area contributed by atoms with Gasteiger partial charge in [0.2, 0.25) is 0 Å². The van der Waals surface area contributed by atoms with E-state index in [1.165, 1.54) is 12.8 Å². The second-order valence-electron chi connectivity index (χ2n) is 4.27. The summed E-state index contributed by atoms with van der Waals surface area (Å²) in [5.41, 5.74) is 2.04. The number of benzene rings is 1. The minimum Gasteiger partial charge on any atom is -0.493 e. The van der Waals surface area contributed by atoms with Gasteiger partial charge >= 0.3 is 0 Å². The third-order valence-corrected chi connectivity index (χ3v) is 2.62. The maximum Gasteiger partial charge on any atom is 0.125 e. The van der Waals surface area contributed by atoms with Crippen LogP contribution in [0.2, 0.25) is 0 Å². The molecule has 0 aliphatic carbocycles. The molecule has 1 aromatic carbocycles. The molecule has 0 heterocycles. The zero-order chi connectivity index (χ0) is 12.0. The lowest BCUT2D eigenvalue weighted by molar-refractivity contribution is 0.190. The number of aliphatic hydroxyl groups is 1. The average molecular weight is 222 g/mol. The third-order valence-electron chi connectivity index (χ3n) is 2.62. The van der Waals surface area contributed by atoms with Gasteiger partial charge in [0, 0.05) is 5.56 Å². The van der Waals surface area contributed by atoms with E-state index in [2.05, 4.69) is 6.92 Å². The van der Waals surface area contributed by atoms with Gasteiger partial charge in [0.15, 0.2) is 0 Å². The summed E-state index contributed by atoms with van der Waals surface area (Å²) in [6.07, 6.45) is 2.99. The minimum absolute atomic E-state index is 0.471. The molecule has 0 bridgehead atoms. The van der Waals surface area contributed by atoms with E-state index in [1.807, 2.05) is 25.1 Å². The lowest BCUT2D eigenvalue weighted by Crippen LogP contribution is -2.02. The predicted molar refractivity (Wildman–Crippen MR) is 66.8 cm³/mol. The fourth-order valence-corrected chi connectivity index (χ4v) is 1.65. The van der Waals surface area contributed by atoms with Gasteiger partial charge in [-0.2, -0.15) is 0 Å². The minimum atomic E-state index is -0.471. The fourth-order valence-electron chi connectivity index (χ4n) is 1.65. The monoisotopic (exact) mass is 222 g/mol. The second-order valence-corrected chi connectivity index (χ2v) is 4.27. The van der Waals surface area contributed by atoms with Crippen molar-refractivity contribution in [2.45, 2.75) is 46.1 Å². The molecule has 1 aromatic rings. The maximum absolute atomic E-state index is 9.62. The van der Waals surface area contributed by atoms with Crippen molar-refractivity contribution in [1.29, 1.82) is 0 Å². The molecule has 0 aliphatic heterocycles. The Kier molecular flexibility index (Phi) is 5.33. The second kappa shape index (κ2) is 6.54. The predicted octanol–water partition coefficient (Wildman–Crippen LogP) is 3.62. The summed E-state index contributed by atoms with van der Waals surface area (Å²) in [6.45, 7) is 6.71. The summed E-state index contributed by atoms with van der Waals surface area (Å²) in [5, 5.41) is 9.62. The van der Waals surface area contributed by atoms with Crippen molar-refractivity contribution >= 4 is 0 Å². The van der Waals surface area contributed by atoms with Gasteiger partial charge in [-0.05, 0) is 31.9 Å². The number of aryl methyl sites for hydroxylation is 1. The Labute approximate surface area is 98.3 Å². The summed E-state index contributed by atoms with van der Waals surface area (Å²) >= 11 is 0. The lowest BCUT2D eigenvalue weighted by atomic mass is 10.1. The van der Waals surface area contributed by atoms with Crippen LogP contribution in [0.15, 0.2) is 18.2 Å². The van der Waals surface area contributed by atoms with Crippen LogP contribution in [0.4, 0.5) is 0 Å². The molecule has 2 heteroatoms. The van der Waals surface area contributed by atoms with Crippen LogP contribution >= 0.6 is 0 Å². The molecule has 0 aromatic heterocycles. The van der Waals surface area contributed by atoms with Gasteiger partial charge in [0.1, 0.15) is 5.75 Å². The first kappa shape index (κ1) is 13.0. The first-order valence-electron chi connectivity index (χ1n) is 6.06. The number of unbranched alkanes of at least 4 members (excludes halogenated alkanes) is 2. The highest BCUT2D eigenvalue weighted by Gasteiger charge is 2.08. The molecule has 1 N–H and O–H groups in total. The van der Waals surface area contributed by atoms with Gasteiger partial charge in [-0.15, -0.1) is 0 Å². The zero-order valence-corrected chi connectivity index (χ0v) is 10.5. The van der Waals surface area contributed by atoms with Crippen LogP contribution in [0.3, 0.4) is 0 Å². The molecular formula is C14H22O2. The molecule has 0 aliphatic rings. The summed E-state index contributed by atoms with van der Waals surface area (Å²) in [4.78, 5) is 0. The molecule has 90 valence electrons. The number of hydrogen-bond acceptors (Lipinski definition) is 2. The number of ether oxygens (including phenoxy) is 1. The van der Waals surface area contributed by atoms with E-state index >= 15 is 0 Å². The van der Waals surface area contributed by atoms with Crippen LogP contribution in [-0.2, 0) is 0 Å². The van der Waals surface area contributed by atoms with E-state index in [0.717, 1.165) is 29.9 Å². The van der Waals surface area contributed by atoms with E-state index < -0.39 is 6.10 Å². The van der Waals surface area contributed by atoms with Crippen LogP contribution in [0.5, 0.6) is 5.75 Å². The molecule has 0 spiro atoms. The van der Waals surface area contributed by atoms with E-state index in [-0.39, 0.29) is 0 Å². The Balaban J connectivity index is 2.65.